The Hall–Kier alpha value is -2.77. The molecule has 0 unspecified atom stereocenters. The lowest BCUT2D eigenvalue weighted by Gasteiger charge is -2.35. The third kappa shape index (κ3) is 4.15. The van der Waals surface area contributed by atoms with Gasteiger partial charge in [0.25, 0.3) is 0 Å². The van der Waals surface area contributed by atoms with E-state index < -0.39 is 0 Å². The number of nitrogens with zero attached hydrogens (tertiary/aromatic N) is 5. The number of fused-ring (bicyclic) bond motifs is 1. The summed E-state index contributed by atoms with van der Waals surface area (Å²) in [5, 5.41) is 13.3. The minimum absolute atomic E-state index is 0.0850. The van der Waals surface area contributed by atoms with Gasteiger partial charge in [0.15, 0.2) is 0 Å². The zero-order valence-electron chi connectivity index (χ0n) is 15.3. The Bertz CT molecular complexity index is 889. The molecule has 0 bridgehead atoms. The smallest absolute Gasteiger partial charge is 0.134 e. The van der Waals surface area contributed by atoms with Gasteiger partial charge >= 0.3 is 0 Å². The van der Waals surface area contributed by atoms with Gasteiger partial charge in [-0.15, -0.1) is 0 Å². The Morgan fingerprint density at radius 3 is 2.70 bits per heavy atom. The van der Waals surface area contributed by atoms with Gasteiger partial charge in [-0.3, -0.25) is 9.88 Å². The van der Waals surface area contributed by atoms with Crippen LogP contribution in [0.2, 0.25) is 0 Å². The Morgan fingerprint density at radius 1 is 1.00 bits per heavy atom. The Kier molecular flexibility index (Phi) is 5.41. The molecule has 140 valence electrons. The van der Waals surface area contributed by atoms with E-state index in [4.69, 9.17) is 5.11 Å². The van der Waals surface area contributed by atoms with Crippen molar-refractivity contribution in [3.63, 3.8) is 0 Å². The van der Waals surface area contributed by atoms with Crippen molar-refractivity contribution in [2.24, 2.45) is 0 Å². The fourth-order valence-corrected chi connectivity index (χ4v) is 3.47. The van der Waals surface area contributed by atoms with Crippen LogP contribution in [0.25, 0.3) is 10.9 Å². The van der Waals surface area contributed by atoms with Gasteiger partial charge in [0.05, 0.1) is 12.1 Å². The molecule has 0 radical (unpaired) electrons. The van der Waals surface area contributed by atoms with Gasteiger partial charge < -0.3 is 15.3 Å². The Morgan fingerprint density at radius 2 is 1.85 bits per heavy atom. The number of piperazine rings is 1. The maximum atomic E-state index is 8.94. The summed E-state index contributed by atoms with van der Waals surface area (Å²) in [4.78, 5) is 17.8. The molecule has 2 N–H and O–H groups in total. The Balaban J connectivity index is 1.39. The molecule has 3 aromatic rings. The summed E-state index contributed by atoms with van der Waals surface area (Å²) in [7, 11) is 0. The second-order valence-electron chi connectivity index (χ2n) is 6.66. The minimum Gasteiger partial charge on any atom is -0.395 e. The first-order chi connectivity index (χ1) is 13.3. The van der Waals surface area contributed by atoms with Gasteiger partial charge in [-0.1, -0.05) is 18.2 Å². The van der Waals surface area contributed by atoms with Crippen molar-refractivity contribution < 1.29 is 5.11 Å². The minimum atomic E-state index is 0.0850. The molecule has 27 heavy (non-hydrogen) atoms. The Labute approximate surface area is 158 Å². The summed E-state index contributed by atoms with van der Waals surface area (Å²) < 4.78 is 0. The summed E-state index contributed by atoms with van der Waals surface area (Å²) in [6.07, 6.45) is 3.47. The van der Waals surface area contributed by atoms with Gasteiger partial charge in [0, 0.05) is 56.9 Å². The van der Waals surface area contributed by atoms with Crippen LogP contribution in [-0.4, -0.2) is 64.3 Å². The molecule has 7 nitrogen and oxygen atoms in total. The topological polar surface area (TPSA) is 77.4 Å². The van der Waals surface area contributed by atoms with Crippen LogP contribution in [0.5, 0.6) is 0 Å². The van der Waals surface area contributed by atoms with E-state index in [1.54, 1.807) is 6.33 Å². The lowest BCUT2D eigenvalue weighted by Crippen LogP contribution is -2.46. The maximum absolute atomic E-state index is 8.94. The predicted molar refractivity (Wildman–Crippen MR) is 107 cm³/mol. The van der Waals surface area contributed by atoms with Crippen LogP contribution in [0.15, 0.2) is 48.9 Å². The third-order valence-electron chi connectivity index (χ3n) is 4.90. The standard InChI is InChI=1S/C20H24N6O/c27-12-7-22-19-13-20(24-15-23-19)26-10-8-25(9-11-26)14-16-5-6-21-18-4-2-1-3-17(16)18/h1-6,13,15,27H,7-12,14H2,(H,22,23,24). The molecule has 0 amide bonds. The highest BCUT2D eigenvalue weighted by atomic mass is 16.3. The molecule has 1 fully saturated rings. The molecule has 2 aromatic heterocycles. The number of para-hydroxylation sites is 1. The molecule has 7 heteroatoms. The highest BCUT2D eigenvalue weighted by molar-refractivity contribution is 5.81. The van der Waals surface area contributed by atoms with Crippen molar-refractivity contribution in [1.29, 1.82) is 0 Å². The van der Waals surface area contributed by atoms with E-state index in [0.29, 0.717) is 6.54 Å². The number of hydrogen-bond acceptors (Lipinski definition) is 7. The number of hydrogen-bond donors (Lipinski definition) is 2. The fraction of sp³-hybridized carbons (Fsp3) is 0.350. The number of benzene rings is 1. The normalized spacial score (nSPS) is 15.2. The summed E-state index contributed by atoms with van der Waals surface area (Å²) in [5.41, 5.74) is 2.38. The molecule has 4 rings (SSSR count). The highest BCUT2D eigenvalue weighted by Crippen LogP contribution is 2.20. The molecule has 0 atom stereocenters. The van der Waals surface area contributed by atoms with Crippen molar-refractivity contribution >= 4 is 22.5 Å². The third-order valence-corrected chi connectivity index (χ3v) is 4.90. The van der Waals surface area contributed by atoms with Gasteiger partial charge in [-0.05, 0) is 17.7 Å². The quantitative estimate of drug-likeness (QED) is 0.690. The molecule has 1 aliphatic rings. The number of pyridine rings is 1. The van der Waals surface area contributed by atoms with Gasteiger partial charge in [-0.25, -0.2) is 9.97 Å². The first-order valence-corrected chi connectivity index (χ1v) is 9.30. The van der Waals surface area contributed by atoms with Crippen molar-refractivity contribution in [1.82, 2.24) is 19.9 Å². The van der Waals surface area contributed by atoms with Crippen LogP contribution in [0.4, 0.5) is 11.6 Å². The molecule has 0 aliphatic carbocycles. The average molecular weight is 364 g/mol. The monoisotopic (exact) mass is 364 g/mol. The van der Waals surface area contributed by atoms with E-state index in [1.165, 1.54) is 10.9 Å². The zero-order valence-corrected chi connectivity index (χ0v) is 15.3. The summed E-state index contributed by atoms with van der Waals surface area (Å²) in [5.74, 6) is 1.68. The SMILES string of the molecule is OCCNc1cc(N2CCN(Cc3ccnc4ccccc34)CC2)ncn1. The van der Waals surface area contributed by atoms with Crippen molar-refractivity contribution in [2.75, 3.05) is 49.5 Å². The highest BCUT2D eigenvalue weighted by Gasteiger charge is 2.19. The van der Waals surface area contributed by atoms with Gasteiger partial charge in [0.1, 0.15) is 18.0 Å². The molecule has 1 saturated heterocycles. The van der Waals surface area contributed by atoms with Crippen molar-refractivity contribution in [3.05, 3.63) is 54.5 Å². The van der Waals surface area contributed by atoms with Gasteiger partial charge in [-0.2, -0.15) is 0 Å². The van der Waals surface area contributed by atoms with E-state index in [9.17, 15) is 0 Å². The predicted octanol–water partition coefficient (Wildman–Crippen LogP) is 1.75. The number of nitrogens with one attached hydrogen (secondary N) is 1. The number of rotatable bonds is 6. The lowest BCUT2D eigenvalue weighted by molar-refractivity contribution is 0.250. The second-order valence-corrected chi connectivity index (χ2v) is 6.66. The molecule has 3 heterocycles. The van der Waals surface area contributed by atoms with E-state index in [0.717, 1.165) is 49.9 Å². The number of aromatic nitrogens is 3. The van der Waals surface area contributed by atoms with Crippen LogP contribution in [-0.2, 0) is 6.54 Å². The summed E-state index contributed by atoms with van der Waals surface area (Å²) in [6, 6.07) is 12.4. The van der Waals surface area contributed by atoms with Crippen molar-refractivity contribution in [2.45, 2.75) is 6.54 Å². The van der Waals surface area contributed by atoms with Crippen LogP contribution in [0.3, 0.4) is 0 Å². The molecular formula is C20H24N6O. The van der Waals surface area contributed by atoms with Crippen LogP contribution < -0.4 is 10.2 Å². The molecular weight excluding hydrogens is 340 g/mol. The van der Waals surface area contributed by atoms with E-state index in [-0.39, 0.29) is 6.61 Å². The molecule has 0 spiro atoms. The first-order valence-electron chi connectivity index (χ1n) is 9.30. The molecule has 1 aliphatic heterocycles. The average Bonchev–Trinajstić information content (AvgIpc) is 2.73. The van der Waals surface area contributed by atoms with E-state index in [2.05, 4.69) is 54.3 Å². The first kappa shape index (κ1) is 17.6. The molecule has 1 aromatic carbocycles. The van der Waals surface area contributed by atoms with Crippen molar-refractivity contribution in [3.8, 4) is 0 Å². The van der Waals surface area contributed by atoms with E-state index >= 15 is 0 Å². The largest absolute Gasteiger partial charge is 0.395 e. The van der Waals surface area contributed by atoms with Gasteiger partial charge in [0.2, 0.25) is 0 Å². The lowest BCUT2D eigenvalue weighted by atomic mass is 10.1. The zero-order chi connectivity index (χ0) is 18.5. The summed E-state index contributed by atoms with van der Waals surface area (Å²) >= 11 is 0. The number of aliphatic hydroxyl groups excluding tert-OH is 1. The number of aliphatic hydroxyl groups is 1. The second kappa shape index (κ2) is 8.28. The summed E-state index contributed by atoms with van der Waals surface area (Å²) in [6.45, 7) is 5.34. The fourth-order valence-electron chi connectivity index (χ4n) is 3.47. The van der Waals surface area contributed by atoms with Crippen LogP contribution in [0, 0.1) is 0 Å². The maximum Gasteiger partial charge on any atom is 0.134 e. The van der Waals surface area contributed by atoms with Crippen LogP contribution >= 0.6 is 0 Å². The van der Waals surface area contributed by atoms with Crippen LogP contribution in [0.1, 0.15) is 5.56 Å². The van der Waals surface area contributed by atoms with E-state index in [1.807, 2.05) is 18.3 Å². The molecule has 0 saturated carbocycles. The number of anilines is 2.